The molecule has 88 valence electrons. The molecule has 0 spiro atoms. The lowest BCUT2D eigenvalue weighted by molar-refractivity contribution is 0.595. The van der Waals surface area contributed by atoms with E-state index in [0.717, 1.165) is 12.2 Å². The Hall–Kier alpha value is -0.810. The topological polar surface area (TPSA) is 59.1 Å². The lowest BCUT2D eigenvalue weighted by Gasteiger charge is -2.09. The van der Waals surface area contributed by atoms with Gasteiger partial charge in [-0.05, 0) is 24.5 Å². The van der Waals surface area contributed by atoms with Gasteiger partial charge >= 0.3 is 0 Å². The molecule has 16 heavy (non-hydrogen) atoms. The van der Waals surface area contributed by atoms with Gasteiger partial charge in [-0.25, -0.2) is 13.4 Å². The van der Waals surface area contributed by atoms with Gasteiger partial charge in [0.15, 0.2) is 9.84 Å². The summed E-state index contributed by atoms with van der Waals surface area (Å²) in [5, 5.41) is 3.71. The average molecular weight is 261 g/mol. The number of anilines is 1. The van der Waals surface area contributed by atoms with Gasteiger partial charge in [0, 0.05) is 12.7 Å². The van der Waals surface area contributed by atoms with Gasteiger partial charge in [-0.3, -0.25) is 0 Å². The van der Waals surface area contributed by atoms with Crippen LogP contribution in [0.3, 0.4) is 0 Å². The van der Waals surface area contributed by atoms with E-state index in [-0.39, 0.29) is 11.7 Å². The molecule has 1 aliphatic heterocycles. The first-order valence-electron chi connectivity index (χ1n) is 5.11. The van der Waals surface area contributed by atoms with Crippen molar-refractivity contribution in [1.29, 1.82) is 0 Å². The minimum absolute atomic E-state index is 0.197. The average Bonchev–Trinajstić information content (AvgIpc) is 2.58. The first-order valence-corrected chi connectivity index (χ1v) is 7.31. The Morgan fingerprint density at radius 3 is 2.88 bits per heavy atom. The van der Waals surface area contributed by atoms with Crippen molar-refractivity contribution in [1.82, 2.24) is 4.98 Å². The Labute approximate surface area is 99.9 Å². The van der Waals surface area contributed by atoms with Crippen molar-refractivity contribution >= 4 is 27.3 Å². The van der Waals surface area contributed by atoms with Crippen LogP contribution in [0.2, 0.25) is 5.02 Å². The van der Waals surface area contributed by atoms with Crippen molar-refractivity contribution in [3.05, 3.63) is 23.4 Å². The summed E-state index contributed by atoms with van der Waals surface area (Å²) in [6.07, 6.45) is 2.30. The van der Waals surface area contributed by atoms with E-state index in [1.807, 2.05) is 0 Å². The van der Waals surface area contributed by atoms with Crippen molar-refractivity contribution in [2.45, 2.75) is 6.42 Å². The van der Waals surface area contributed by atoms with Crippen molar-refractivity contribution in [3.63, 3.8) is 0 Å². The maximum atomic E-state index is 11.2. The van der Waals surface area contributed by atoms with E-state index >= 15 is 0 Å². The highest BCUT2D eigenvalue weighted by atomic mass is 35.5. The Morgan fingerprint density at radius 1 is 1.50 bits per heavy atom. The Kier molecular flexibility index (Phi) is 3.35. The summed E-state index contributed by atoms with van der Waals surface area (Å²) < 4.78 is 22.5. The zero-order valence-electron chi connectivity index (χ0n) is 8.69. The van der Waals surface area contributed by atoms with Crippen molar-refractivity contribution < 1.29 is 8.42 Å². The molecular formula is C10H13ClN2O2S. The van der Waals surface area contributed by atoms with Gasteiger partial charge in [0.25, 0.3) is 0 Å². The van der Waals surface area contributed by atoms with Gasteiger partial charge in [-0.15, -0.1) is 0 Å². The minimum Gasteiger partial charge on any atom is -0.370 e. The molecule has 2 rings (SSSR count). The van der Waals surface area contributed by atoms with Crippen LogP contribution in [-0.4, -0.2) is 31.5 Å². The summed E-state index contributed by atoms with van der Waals surface area (Å²) in [6, 6.07) is 3.54. The first-order chi connectivity index (χ1) is 7.55. The number of rotatable bonds is 3. The molecule has 1 fully saturated rings. The van der Waals surface area contributed by atoms with E-state index in [9.17, 15) is 8.42 Å². The molecule has 1 aromatic rings. The zero-order chi connectivity index (χ0) is 11.6. The highest BCUT2D eigenvalue weighted by molar-refractivity contribution is 7.91. The molecule has 0 saturated carbocycles. The van der Waals surface area contributed by atoms with E-state index in [1.165, 1.54) is 0 Å². The fourth-order valence-electron chi connectivity index (χ4n) is 1.76. The first kappa shape index (κ1) is 11.7. The van der Waals surface area contributed by atoms with E-state index in [4.69, 9.17) is 11.6 Å². The van der Waals surface area contributed by atoms with Crippen LogP contribution >= 0.6 is 11.6 Å². The number of nitrogens with zero attached hydrogens (tertiary/aromatic N) is 1. The van der Waals surface area contributed by atoms with Crippen LogP contribution in [0.5, 0.6) is 0 Å². The number of hydrogen-bond acceptors (Lipinski definition) is 4. The predicted molar refractivity (Wildman–Crippen MR) is 64.5 cm³/mol. The van der Waals surface area contributed by atoms with E-state index < -0.39 is 9.84 Å². The molecule has 2 heterocycles. The smallest absolute Gasteiger partial charge is 0.150 e. The number of hydrogen-bond donors (Lipinski definition) is 1. The van der Waals surface area contributed by atoms with Crippen LogP contribution in [0.4, 0.5) is 5.82 Å². The standard InChI is InChI=1S/C10H13ClN2O2S/c11-9-1-2-10(13-6-9)12-5-8-3-4-16(14,15)7-8/h1-2,6,8H,3-5,7H2,(H,12,13). The van der Waals surface area contributed by atoms with Crippen LogP contribution in [0.1, 0.15) is 6.42 Å². The van der Waals surface area contributed by atoms with Crippen LogP contribution in [0.15, 0.2) is 18.3 Å². The van der Waals surface area contributed by atoms with E-state index in [2.05, 4.69) is 10.3 Å². The van der Waals surface area contributed by atoms with Gasteiger partial charge in [0.2, 0.25) is 0 Å². The number of halogens is 1. The number of nitrogens with one attached hydrogen (secondary N) is 1. The fourth-order valence-corrected chi connectivity index (χ4v) is 3.74. The Bertz CT molecular complexity index is 458. The van der Waals surface area contributed by atoms with Crippen LogP contribution in [-0.2, 0) is 9.84 Å². The van der Waals surface area contributed by atoms with Crippen molar-refractivity contribution in [3.8, 4) is 0 Å². The van der Waals surface area contributed by atoms with E-state index in [0.29, 0.717) is 17.3 Å². The molecular weight excluding hydrogens is 248 g/mol. The largest absolute Gasteiger partial charge is 0.370 e. The molecule has 1 atom stereocenters. The summed E-state index contributed by atoms with van der Waals surface area (Å²) >= 11 is 5.71. The third-order valence-electron chi connectivity index (χ3n) is 2.63. The van der Waals surface area contributed by atoms with Crippen molar-refractivity contribution in [2.24, 2.45) is 5.92 Å². The van der Waals surface area contributed by atoms with Crippen molar-refractivity contribution in [2.75, 3.05) is 23.4 Å². The maximum absolute atomic E-state index is 11.2. The highest BCUT2D eigenvalue weighted by Crippen LogP contribution is 2.19. The maximum Gasteiger partial charge on any atom is 0.150 e. The Morgan fingerprint density at radius 2 is 2.31 bits per heavy atom. The van der Waals surface area contributed by atoms with E-state index in [1.54, 1.807) is 18.3 Å². The number of pyridine rings is 1. The molecule has 1 N–H and O–H groups in total. The predicted octanol–water partition coefficient (Wildman–Crippen LogP) is 1.58. The third kappa shape index (κ3) is 3.09. The second kappa shape index (κ2) is 4.59. The molecule has 0 amide bonds. The summed E-state index contributed by atoms with van der Waals surface area (Å²) in [6.45, 7) is 0.647. The zero-order valence-corrected chi connectivity index (χ0v) is 10.3. The van der Waals surface area contributed by atoms with Gasteiger partial charge in [0.05, 0.1) is 16.5 Å². The molecule has 0 aliphatic carbocycles. The van der Waals surface area contributed by atoms with Gasteiger partial charge in [-0.2, -0.15) is 0 Å². The highest BCUT2D eigenvalue weighted by Gasteiger charge is 2.27. The molecule has 4 nitrogen and oxygen atoms in total. The van der Waals surface area contributed by atoms with Gasteiger partial charge in [-0.1, -0.05) is 11.6 Å². The molecule has 6 heteroatoms. The molecule has 0 bridgehead atoms. The third-order valence-corrected chi connectivity index (χ3v) is 4.69. The van der Waals surface area contributed by atoms with Crippen LogP contribution < -0.4 is 5.32 Å². The van der Waals surface area contributed by atoms with Gasteiger partial charge < -0.3 is 5.32 Å². The van der Waals surface area contributed by atoms with Crippen LogP contribution in [0.25, 0.3) is 0 Å². The monoisotopic (exact) mass is 260 g/mol. The van der Waals surface area contributed by atoms with Gasteiger partial charge in [0.1, 0.15) is 5.82 Å². The molecule has 1 aromatic heterocycles. The van der Waals surface area contributed by atoms with Crippen LogP contribution in [0, 0.1) is 5.92 Å². The molecule has 0 radical (unpaired) electrons. The molecule has 1 aliphatic rings. The normalized spacial score (nSPS) is 23.2. The number of aromatic nitrogens is 1. The lowest BCUT2D eigenvalue weighted by atomic mass is 10.1. The summed E-state index contributed by atoms with van der Waals surface area (Å²) in [4.78, 5) is 4.08. The molecule has 1 unspecified atom stereocenters. The second-order valence-electron chi connectivity index (χ2n) is 4.01. The summed E-state index contributed by atoms with van der Waals surface area (Å²) in [7, 11) is -2.79. The SMILES string of the molecule is O=S1(=O)CCC(CNc2ccc(Cl)cn2)C1. The Balaban J connectivity index is 1.87. The quantitative estimate of drug-likeness (QED) is 0.897. The minimum atomic E-state index is -2.79. The number of sulfone groups is 1. The molecule has 1 saturated heterocycles. The summed E-state index contributed by atoms with van der Waals surface area (Å²) in [5.41, 5.74) is 0. The summed E-state index contributed by atoms with van der Waals surface area (Å²) in [5.74, 6) is 1.53. The second-order valence-corrected chi connectivity index (χ2v) is 6.68. The molecule has 0 aromatic carbocycles. The lowest BCUT2D eigenvalue weighted by Crippen LogP contribution is -2.16. The fraction of sp³-hybridized carbons (Fsp3) is 0.500.